The van der Waals surface area contributed by atoms with E-state index in [9.17, 15) is 24.0 Å². The van der Waals surface area contributed by atoms with Gasteiger partial charge in [-0.3, -0.25) is 24.0 Å². The Labute approximate surface area is 261 Å². The van der Waals surface area contributed by atoms with Gasteiger partial charge in [0.05, 0.1) is 0 Å². The molecule has 5 rings (SSSR count). The SMILES string of the molecule is CC(=O)O[C@H]1CC[C@@]2(C)[C@H](C1)C[C@@H](OC(C)=O)[C@@H]1[C@@H]2C[C@H](OC(C)=O)[C@]2(C)[C@@H]([C@H](C)CC(=O)C(=O)c3ccccc3)CC[C@@H]12. The van der Waals surface area contributed by atoms with E-state index in [2.05, 4.69) is 13.8 Å². The molecule has 0 aliphatic heterocycles. The quantitative estimate of drug-likeness (QED) is 0.150. The number of Topliss-reactive ketones (excluding diaryl/α,β-unsaturated/α-hetero) is 2. The van der Waals surface area contributed by atoms with Gasteiger partial charge in [-0.05, 0) is 80.0 Å². The number of benzene rings is 1. The Morgan fingerprint density at radius 3 is 2.11 bits per heavy atom. The summed E-state index contributed by atoms with van der Waals surface area (Å²) in [7, 11) is 0. The number of hydrogen-bond acceptors (Lipinski definition) is 8. The van der Waals surface area contributed by atoms with Gasteiger partial charge in [-0.1, -0.05) is 51.1 Å². The molecular formula is C36H48O8. The smallest absolute Gasteiger partial charge is 0.302 e. The number of hydrogen-bond donors (Lipinski definition) is 0. The van der Waals surface area contributed by atoms with Crippen LogP contribution >= 0.6 is 0 Å². The van der Waals surface area contributed by atoms with Crippen LogP contribution < -0.4 is 0 Å². The molecule has 4 aliphatic carbocycles. The molecule has 44 heavy (non-hydrogen) atoms. The van der Waals surface area contributed by atoms with Crippen LogP contribution in [0.5, 0.6) is 0 Å². The fourth-order valence-corrected chi connectivity index (χ4v) is 10.4. The molecule has 0 spiro atoms. The Kier molecular flexibility index (Phi) is 9.12. The van der Waals surface area contributed by atoms with E-state index in [0.717, 1.165) is 32.1 Å². The summed E-state index contributed by atoms with van der Waals surface area (Å²) in [6.45, 7) is 10.9. The average molecular weight is 609 g/mol. The minimum atomic E-state index is -0.470. The zero-order valence-corrected chi connectivity index (χ0v) is 27.0. The van der Waals surface area contributed by atoms with Crippen molar-refractivity contribution in [1.82, 2.24) is 0 Å². The highest BCUT2D eigenvalue weighted by atomic mass is 16.6. The summed E-state index contributed by atoms with van der Waals surface area (Å²) in [5, 5.41) is 0. The zero-order valence-electron chi connectivity index (χ0n) is 27.0. The normalized spacial score (nSPS) is 38.2. The summed E-state index contributed by atoms with van der Waals surface area (Å²) >= 11 is 0. The maximum Gasteiger partial charge on any atom is 0.302 e. The molecule has 0 amide bonds. The van der Waals surface area contributed by atoms with Crippen LogP contribution in [0.3, 0.4) is 0 Å². The van der Waals surface area contributed by atoms with Crippen LogP contribution in [0.4, 0.5) is 0 Å². The second kappa shape index (κ2) is 12.4. The molecule has 11 atom stereocenters. The van der Waals surface area contributed by atoms with Crippen molar-refractivity contribution >= 4 is 29.5 Å². The molecule has 8 heteroatoms. The summed E-state index contributed by atoms with van der Waals surface area (Å²) in [5.41, 5.74) is -0.130. The number of rotatable bonds is 8. The number of ketones is 2. The first-order chi connectivity index (χ1) is 20.7. The van der Waals surface area contributed by atoms with Crippen molar-refractivity contribution in [3.05, 3.63) is 35.9 Å². The maximum atomic E-state index is 13.2. The van der Waals surface area contributed by atoms with Gasteiger partial charge in [-0.2, -0.15) is 0 Å². The molecule has 1 aromatic rings. The Balaban J connectivity index is 1.46. The number of esters is 3. The van der Waals surface area contributed by atoms with Crippen molar-refractivity contribution in [1.29, 1.82) is 0 Å². The van der Waals surface area contributed by atoms with E-state index in [1.807, 2.05) is 13.0 Å². The average Bonchev–Trinajstić information content (AvgIpc) is 3.31. The molecule has 240 valence electrons. The summed E-state index contributed by atoms with van der Waals surface area (Å²) in [5.74, 6) is -1.27. The highest BCUT2D eigenvalue weighted by Crippen LogP contribution is 2.69. The maximum absolute atomic E-state index is 13.2. The third-order valence-electron chi connectivity index (χ3n) is 12.2. The zero-order chi connectivity index (χ0) is 32.0. The van der Waals surface area contributed by atoms with Gasteiger partial charge in [0, 0.05) is 44.1 Å². The Bertz CT molecular complexity index is 1290. The molecule has 4 saturated carbocycles. The molecule has 0 saturated heterocycles. The summed E-state index contributed by atoms with van der Waals surface area (Å²) in [6.07, 6.45) is 4.82. The fourth-order valence-electron chi connectivity index (χ4n) is 10.4. The highest BCUT2D eigenvalue weighted by Gasteiger charge is 2.67. The first kappa shape index (κ1) is 32.4. The van der Waals surface area contributed by atoms with Crippen molar-refractivity contribution in [3.63, 3.8) is 0 Å². The van der Waals surface area contributed by atoms with Crippen LogP contribution in [0.1, 0.15) is 103 Å². The highest BCUT2D eigenvalue weighted by molar-refractivity contribution is 6.43. The minimum Gasteiger partial charge on any atom is -0.463 e. The second-order valence-electron chi connectivity index (χ2n) is 14.6. The van der Waals surface area contributed by atoms with E-state index < -0.39 is 17.0 Å². The van der Waals surface area contributed by atoms with Crippen molar-refractivity contribution in [2.45, 2.75) is 111 Å². The molecule has 4 aliphatic rings. The van der Waals surface area contributed by atoms with E-state index in [1.54, 1.807) is 24.3 Å². The Hall–Kier alpha value is -3.03. The van der Waals surface area contributed by atoms with Crippen LogP contribution in [0, 0.1) is 46.3 Å². The van der Waals surface area contributed by atoms with Crippen LogP contribution in [0.15, 0.2) is 30.3 Å². The van der Waals surface area contributed by atoms with E-state index in [4.69, 9.17) is 14.2 Å². The van der Waals surface area contributed by atoms with Crippen molar-refractivity contribution in [2.75, 3.05) is 0 Å². The van der Waals surface area contributed by atoms with Crippen molar-refractivity contribution in [2.24, 2.45) is 46.3 Å². The molecule has 0 radical (unpaired) electrons. The lowest BCUT2D eigenvalue weighted by Gasteiger charge is -2.64. The van der Waals surface area contributed by atoms with Gasteiger partial charge in [-0.15, -0.1) is 0 Å². The lowest BCUT2D eigenvalue weighted by atomic mass is 9.43. The number of carbonyl (C=O) groups is 5. The van der Waals surface area contributed by atoms with Crippen LogP contribution in [-0.4, -0.2) is 47.8 Å². The molecular weight excluding hydrogens is 560 g/mol. The summed E-state index contributed by atoms with van der Waals surface area (Å²) in [4.78, 5) is 63.0. The van der Waals surface area contributed by atoms with Crippen LogP contribution in [-0.2, 0) is 33.4 Å². The molecule has 0 aromatic heterocycles. The molecule has 0 unspecified atom stereocenters. The second-order valence-corrected chi connectivity index (χ2v) is 14.6. The number of ether oxygens (including phenoxy) is 3. The molecule has 4 fully saturated rings. The largest absolute Gasteiger partial charge is 0.463 e. The number of fused-ring (bicyclic) bond motifs is 5. The standard InChI is InChI=1S/C36H48O8/c1-20(16-30(40)34(41)24-10-8-7-9-11-24)27-12-13-28-33-29(19-32(36(27,28)6)44-23(4)39)35(5)15-14-26(42-21(2)37)17-25(35)18-31(33)43-22(3)38/h7-11,20,25-29,31-33H,12-19H2,1-6H3/t20-,25-,26+,27-,28+,29+,31-,32+,33+,35+,36-/m1/s1. The van der Waals surface area contributed by atoms with Gasteiger partial charge in [0.15, 0.2) is 0 Å². The predicted octanol–water partition coefficient (Wildman–Crippen LogP) is 6.14. The van der Waals surface area contributed by atoms with Gasteiger partial charge in [0.25, 0.3) is 0 Å². The number of carbonyl (C=O) groups excluding carboxylic acids is 5. The van der Waals surface area contributed by atoms with Crippen LogP contribution in [0.2, 0.25) is 0 Å². The predicted molar refractivity (Wildman–Crippen MR) is 162 cm³/mol. The Morgan fingerprint density at radius 2 is 1.48 bits per heavy atom. The van der Waals surface area contributed by atoms with Gasteiger partial charge in [0.1, 0.15) is 18.3 Å². The summed E-state index contributed by atoms with van der Waals surface area (Å²) < 4.78 is 18.0. The molecule has 0 bridgehead atoms. The topological polar surface area (TPSA) is 113 Å². The Morgan fingerprint density at radius 1 is 0.818 bits per heavy atom. The van der Waals surface area contributed by atoms with Crippen molar-refractivity contribution in [3.8, 4) is 0 Å². The lowest BCUT2D eigenvalue weighted by molar-refractivity contribution is -0.224. The first-order valence-electron chi connectivity index (χ1n) is 16.4. The van der Waals surface area contributed by atoms with Crippen LogP contribution in [0.25, 0.3) is 0 Å². The third kappa shape index (κ3) is 5.85. The van der Waals surface area contributed by atoms with Gasteiger partial charge < -0.3 is 14.2 Å². The minimum absolute atomic E-state index is 0.0496. The van der Waals surface area contributed by atoms with E-state index >= 15 is 0 Å². The van der Waals surface area contributed by atoms with Gasteiger partial charge in [0.2, 0.25) is 11.6 Å². The molecule has 0 heterocycles. The van der Waals surface area contributed by atoms with E-state index in [0.29, 0.717) is 18.4 Å². The van der Waals surface area contributed by atoms with Gasteiger partial charge >= 0.3 is 17.9 Å². The molecule has 0 N–H and O–H groups in total. The van der Waals surface area contributed by atoms with Gasteiger partial charge in [-0.25, -0.2) is 0 Å². The first-order valence-corrected chi connectivity index (χ1v) is 16.4. The molecule has 8 nitrogen and oxygen atoms in total. The van der Waals surface area contributed by atoms with E-state index in [-0.39, 0.29) is 83.6 Å². The molecule has 1 aromatic carbocycles. The summed E-state index contributed by atoms with van der Waals surface area (Å²) in [6, 6.07) is 8.67. The lowest BCUT2D eigenvalue weighted by Crippen LogP contribution is -2.63. The third-order valence-corrected chi connectivity index (χ3v) is 12.2. The fraction of sp³-hybridized carbons (Fsp3) is 0.694. The van der Waals surface area contributed by atoms with Crippen molar-refractivity contribution < 1.29 is 38.2 Å². The monoisotopic (exact) mass is 608 g/mol. The van der Waals surface area contributed by atoms with E-state index in [1.165, 1.54) is 20.8 Å².